The lowest BCUT2D eigenvalue weighted by Crippen LogP contribution is -2.39. The maximum absolute atomic E-state index is 12.5. The van der Waals surface area contributed by atoms with Crippen LogP contribution >= 0.6 is 23.1 Å². The summed E-state index contributed by atoms with van der Waals surface area (Å²) in [4.78, 5) is 15.6. The van der Waals surface area contributed by atoms with Crippen molar-refractivity contribution in [3.63, 3.8) is 0 Å². The van der Waals surface area contributed by atoms with Gasteiger partial charge < -0.3 is 9.47 Å². The molecule has 0 radical (unpaired) electrons. The van der Waals surface area contributed by atoms with Crippen LogP contribution in [0, 0.1) is 0 Å². The van der Waals surface area contributed by atoms with E-state index in [9.17, 15) is 4.79 Å². The molecule has 1 saturated carbocycles. The highest BCUT2D eigenvalue weighted by Crippen LogP contribution is 2.28. The van der Waals surface area contributed by atoms with Crippen LogP contribution in [-0.4, -0.2) is 44.4 Å². The number of carbonyl (C=O) groups is 1. The van der Waals surface area contributed by atoms with Gasteiger partial charge in [0.05, 0.1) is 10.6 Å². The van der Waals surface area contributed by atoms with Crippen molar-refractivity contribution in [1.29, 1.82) is 0 Å². The van der Waals surface area contributed by atoms with Crippen LogP contribution in [0.25, 0.3) is 10.7 Å². The van der Waals surface area contributed by atoms with Crippen molar-refractivity contribution in [3.8, 4) is 10.7 Å². The first kappa shape index (κ1) is 17.5. The van der Waals surface area contributed by atoms with Gasteiger partial charge in [0.2, 0.25) is 5.91 Å². The van der Waals surface area contributed by atoms with Crippen LogP contribution in [0.1, 0.15) is 39.0 Å². The van der Waals surface area contributed by atoms with Crippen LogP contribution in [0.5, 0.6) is 0 Å². The fourth-order valence-corrected chi connectivity index (χ4v) is 4.81. The third kappa shape index (κ3) is 3.83. The molecule has 0 N–H and O–H groups in total. The Balaban J connectivity index is 1.63. The van der Waals surface area contributed by atoms with Crippen LogP contribution in [0.4, 0.5) is 0 Å². The van der Waals surface area contributed by atoms with E-state index in [1.165, 1.54) is 31.0 Å². The summed E-state index contributed by atoms with van der Waals surface area (Å²) in [7, 11) is 1.94. The Morgan fingerprint density at radius 2 is 2.17 bits per heavy atom. The number of hydrogen-bond donors (Lipinski definition) is 0. The third-order valence-electron chi connectivity index (χ3n) is 4.62. The number of aromatic nitrogens is 3. The van der Waals surface area contributed by atoms with Crippen molar-refractivity contribution in [2.24, 2.45) is 0 Å². The molecule has 7 heteroatoms. The highest BCUT2D eigenvalue weighted by atomic mass is 32.2. The number of amides is 1. The summed E-state index contributed by atoms with van der Waals surface area (Å²) in [5.41, 5.74) is 0. The highest BCUT2D eigenvalue weighted by molar-refractivity contribution is 7.99. The molecule has 0 aromatic carbocycles. The lowest BCUT2D eigenvalue weighted by atomic mass is 9.94. The van der Waals surface area contributed by atoms with Crippen LogP contribution in [0.15, 0.2) is 22.7 Å². The van der Waals surface area contributed by atoms with E-state index in [1.54, 1.807) is 11.3 Å². The molecule has 1 aliphatic rings. The summed E-state index contributed by atoms with van der Waals surface area (Å²) < 4.78 is 2.09. The summed E-state index contributed by atoms with van der Waals surface area (Å²) in [5, 5.41) is 11.5. The molecule has 1 amide bonds. The quantitative estimate of drug-likeness (QED) is 0.729. The normalized spacial score (nSPS) is 15.6. The molecule has 130 valence electrons. The van der Waals surface area contributed by atoms with E-state index in [-0.39, 0.29) is 5.91 Å². The minimum Gasteiger partial charge on any atom is -0.342 e. The molecule has 0 spiro atoms. The predicted octanol–water partition coefficient (Wildman–Crippen LogP) is 3.91. The molecule has 1 fully saturated rings. The first-order valence-corrected chi connectivity index (χ1v) is 10.4. The molecule has 0 saturated heterocycles. The van der Waals surface area contributed by atoms with Gasteiger partial charge in [0.15, 0.2) is 11.0 Å². The Morgan fingerprint density at radius 3 is 2.83 bits per heavy atom. The smallest absolute Gasteiger partial charge is 0.233 e. The van der Waals surface area contributed by atoms with E-state index < -0.39 is 0 Å². The van der Waals surface area contributed by atoms with Crippen molar-refractivity contribution < 1.29 is 4.79 Å². The van der Waals surface area contributed by atoms with Crippen LogP contribution in [0.2, 0.25) is 0 Å². The third-order valence-corrected chi connectivity index (χ3v) is 6.43. The zero-order valence-electron chi connectivity index (χ0n) is 14.3. The summed E-state index contributed by atoms with van der Waals surface area (Å²) in [6.07, 6.45) is 6.06. The number of carbonyl (C=O) groups excluding carboxylic acids is 1. The lowest BCUT2D eigenvalue weighted by Gasteiger charge is -2.31. The molecule has 2 aromatic heterocycles. The first-order chi connectivity index (χ1) is 11.7. The molecule has 2 aromatic rings. The van der Waals surface area contributed by atoms with Gasteiger partial charge in [-0.1, -0.05) is 37.1 Å². The van der Waals surface area contributed by atoms with E-state index in [0.717, 1.165) is 35.2 Å². The topological polar surface area (TPSA) is 51.0 Å². The average Bonchev–Trinajstić information content (AvgIpc) is 3.28. The summed E-state index contributed by atoms with van der Waals surface area (Å²) in [6, 6.07) is 4.49. The Bertz CT molecular complexity index is 662. The molecule has 5 nitrogen and oxygen atoms in total. The molecule has 1 aliphatic carbocycles. The Hall–Kier alpha value is -1.34. The van der Waals surface area contributed by atoms with Gasteiger partial charge in [-0.15, -0.1) is 21.5 Å². The van der Waals surface area contributed by atoms with Gasteiger partial charge >= 0.3 is 0 Å². The van der Waals surface area contributed by atoms with E-state index in [2.05, 4.69) is 27.8 Å². The molecule has 2 heterocycles. The summed E-state index contributed by atoms with van der Waals surface area (Å²) in [6.45, 7) is 2.88. The van der Waals surface area contributed by atoms with Gasteiger partial charge in [-0.25, -0.2) is 0 Å². The van der Waals surface area contributed by atoms with E-state index in [0.29, 0.717) is 11.8 Å². The molecule has 0 unspecified atom stereocenters. The van der Waals surface area contributed by atoms with Gasteiger partial charge in [-0.2, -0.15) is 0 Å². The zero-order chi connectivity index (χ0) is 16.9. The maximum Gasteiger partial charge on any atom is 0.233 e. The van der Waals surface area contributed by atoms with Crippen molar-refractivity contribution in [3.05, 3.63) is 17.5 Å². The van der Waals surface area contributed by atoms with Crippen molar-refractivity contribution in [1.82, 2.24) is 19.7 Å². The van der Waals surface area contributed by atoms with Crippen LogP contribution in [0.3, 0.4) is 0 Å². The second kappa shape index (κ2) is 8.16. The second-order valence-electron chi connectivity index (χ2n) is 6.11. The Morgan fingerprint density at radius 1 is 1.38 bits per heavy atom. The molecule has 0 aliphatic heterocycles. The monoisotopic (exact) mass is 364 g/mol. The SMILES string of the molecule is CCn1c(SCC(=O)N(C)C2CCCCC2)nnc1-c1cccs1. The number of rotatable bonds is 6. The van der Waals surface area contributed by atoms with Crippen molar-refractivity contribution >= 4 is 29.0 Å². The first-order valence-electron chi connectivity index (χ1n) is 8.56. The van der Waals surface area contributed by atoms with Gasteiger partial charge in [-0.3, -0.25) is 4.79 Å². The molecule has 0 bridgehead atoms. The van der Waals surface area contributed by atoms with E-state index in [1.807, 2.05) is 23.4 Å². The zero-order valence-corrected chi connectivity index (χ0v) is 15.9. The molecular weight excluding hydrogens is 340 g/mol. The second-order valence-corrected chi connectivity index (χ2v) is 8.00. The highest BCUT2D eigenvalue weighted by Gasteiger charge is 2.23. The lowest BCUT2D eigenvalue weighted by molar-refractivity contribution is -0.129. The summed E-state index contributed by atoms with van der Waals surface area (Å²) in [5.74, 6) is 1.51. The average molecular weight is 365 g/mol. The molecule has 0 atom stereocenters. The predicted molar refractivity (Wildman–Crippen MR) is 99.4 cm³/mol. The Kier molecular flexibility index (Phi) is 5.94. The molecule has 24 heavy (non-hydrogen) atoms. The van der Waals surface area contributed by atoms with E-state index in [4.69, 9.17) is 0 Å². The van der Waals surface area contributed by atoms with Crippen LogP contribution < -0.4 is 0 Å². The van der Waals surface area contributed by atoms with Gasteiger partial charge in [0, 0.05) is 19.6 Å². The summed E-state index contributed by atoms with van der Waals surface area (Å²) >= 11 is 3.15. The Labute approximate surface area is 151 Å². The van der Waals surface area contributed by atoms with Crippen molar-refractivity contribution in [2.45, 2.75) is 56.8 Å². The molecule has 3 rings (SSSR count). The number of hydrogen-bond acceptors (Lipinski definition) is 5. The van der Waals surface area contributed by atoms with Gasteiger partial charge in [0.25, 0.3) is 0 Å². The van der Waals surface area contributed by atoms with E-state index >= 15 is 0 Å². The standard InChI is InChI=1S/C17H24N4OS2/c1-3-21-16(14-10-7-11-23-14)18-19-17(21)24-12-15(22)20(2)13-8-5-4-6-9-13/h7,10-11,13H,3-6,8-9,12H2,1-2H3. The van der Waals surface area contributed by atoms with Gasteiger partial charge in [0.1, 0.15) is 0 Å². The minimum absolute atomic E-state index is 0.190. The number of thioether (sulfide) groups is 1. The minimum atomic E-state index is 0.190. The fourth-order valence-electron chi connectivity index (χ4n) is 3.17. The number of nitrogens with zero attached hydrogens (tertiary/aromatic N) is 4. The van der Waals surface area contributed by atoms with Gasteiger partial charge in [-0.05, 0) is 31.2 Å². The maximum atomic E-state index is 12.5. The van der Waals surface area contributed by atoms with Crippen LogP contribution in [-0.2, 0) is 11.3 Å². The molecular formula is C17H24N4OS2. The fraction of sp³-hybridized carbons (Fsp3) is 0.588. The largest absolute Gasteiger partial charge is 0.342 e. The van der Waals surface area contributed by atoms with Crippen molar-refractivity contribution in [2.75, 3.05) is 12.8 Å². The number of thiophene rings is 1.